The molecule has 0 aromatic heterocycles. The van der Waals surface area contributed by atoms with Gasteiger partial charge < -0.3 is 10.2 Å². The van der Waals surface area contributed by atoms with Crippen LogP contribution in [0, 0.1) is 0 Å². The van der Waals surface area contributed by atoms with E-state index in [1.165, 1.54) is 0 Å². The molecule has 90 valence electrons. The average Bonchev–Trinajstić information content (AvgIpc) is 2.21. The summed E-state index contributed by atoms with van der Waals surface area (Å²) in [5, 5.41) is 4.65. The van der Waals surface area contributed by atoms with Crippen LogP contribution in [0.15, 0.2) is 18.2 Å². The first-order valence-corrected chi connectivity index (χ1v) is 6.09. The summed E-state index contributed by atoms with van der Waals surface area (Å²) in [6.07, 6.45) is 0. The first kappa shape index (κ1) is 13.8. The van der Waals surface area contributed by atoms with Crippen LogP contribution in [0.3, 0.4) is 0 Å². The summed E-state index contributed by atoms with van der Waals surface area (Å²) in [7, 11) is 4.12. The number of hydrogen-bond donors (Lipinski definition) is 1. The maximum absolute atomic E-state index is 5.97. The Morgan fingerprint density at radius 3 is 2.50 bits per heavy atom. The van der Waals surface area contributed by atoms with E-state index in [-0.39, 0.29) is 6.04 Å². The standard InChI is InChI=1S/C12H18Cl2N2/c1-9(15-6-7-16(2)3)10-4-5-11(13)12(14)8-10/h4-5,8-9,15H,6-7H2,1-3H3/t9-/m1/s1. The van der Waals surface area contributed by atoms with E-state index in [0.29, 0.717) is 10.0 Å². The van der Waals surface area contributed by atoms with E-state index in [4.69, 9.17) is 23.2 Å². The molecule has 0 fully saturated rings. The number of halogens is 2. The number of benzene rings is 1. The minimum atomic E-state index is 0.287. The number of hydrogen-bond acceptors (Lipinski definition) is 2. The lowest BCUT2D eigenvalue weighted by Gasteiger charge is -2.17. The van der Waals surface area contributed by atoms with Gasteiger partial charge >= 0.3 is 0 Å². The van der Waals surface area contributed by atoms with Crippen molar-refractivity contribution in [2.24, 2.45) is 0 Å². The highest BCUT2D eigenvalue weighted by atomic mass is 35.5. The Labute approximate surface area is 108 Å². The normalized spacial score (nSPS) is 13.1. The molecule has 0 unspecified atom stereocenters. The van der Waals surface area contributed by atoms with Crippen LogP contribution >= 0.6 is 23.2 Å². The molecule has 1 atom stereocenters. The van der Waals surface area contributed by atoms with Gasteiger partial charge in [-0.2, -0.15) is 0 Å². The molecule has 1 aromatic rings. The van der Waals surface area contributed by atoms with Gasteiger partial charge in [0.25, 0.3) is 0 Å². The van der Waals surface area contributed by atoms with Gasteiger partial charge in [0.15, 0.2) is 0 Å². The molecule has 0 bridgehead atoms. The Morgan fingerprint density at radius 1 is 1.25 bits per heavy atom. The van der Waals surface area contributed by atoms with Crippen LogP contribution in [-0.2, 0) is 0 Å². The molecule has 1 aromatic carbocycles. The van der Waals surface area contributed by atoms with Gasteiger partial charge in [-0.25, -0.2) is 0 Å². The van der Waals surface area contributed by atoms with Crippen molar-refractivity contribution >= 4 is 23.2 Å². The van der Waals surface area contributed by atoms with Crippen LogP contribution in [-0.4, -0.2) is 32.1 Å². The van der Waals surface area contributed by atoms with Crippen LogP contribution < -0.4 is 5.32 Å². The van der Waals surface area contributed by atoms with Gasteiger partial charge in [0.05, 0.1) is 10.0 Å². The first-order valence-electron chi connectivity index (χ1n) is 5.33. The number of rotatable bonds is 5. The molecule has 1 N–H and O–H groups in total. The predicted molar refractivity (Wildman–Crippen MR) is 71.4 cm³/mol. The van der Waals surface area contributed by atoms with Crippen LogP contribution in [0.5, 0.6) is 0 Å². The summed E-state index contributed by atoms with van der Waals surface area (Å²) in [6.45, 7) is 4.09. The average molecular weight is 261 g/mol. The minimum Gasteiger partial charge on any atom is -0.309 e. The fraction of sp³-hybridized carbons (Fsp3) is 0.500. The Hall–Kier alpha value is -0.280. The van der Waals surface area contributed by atoms with E-state index in [1.807, 2.05) is 18.2 Å². The first-order chi connectivity index (χ1) is 7.50. The van der Waals surface area contributed by atoms with Crippen LogP contribution in [0.1, 0.15) is 18.5 Å². The summed E-state index contributed by atoms with van der Waals surface area (Å²) in [6, 6.07) is 6.04. The summed E-state index contributed by atoms with van der Waals surface area (Å²) in [5.74, 6) is 0. The fourth-order valence-corrected chi connectivity index (χ4v) is 1.71. The quantitative estimate of drug-likeness (QED) is 0.875. The molecule has 0 saturated carbocycles. The molecule has 0 amide bonds. The van der Waals surface area contributed by atoms with E-state index in [2.05, 4.69) is 31.2 Å². The Kier molecular flexibility index (Phi) is 5.56. The second-order valence-corrected chi connectivity index (χ2v) is 4.97. The van der Waals surface area contributed by atoms with Gasteiger partial charge in [-0.05, 0) is 38.7 Å². The molecular formula is C12H18Cl2N2. The summed E-state index contributed by atoms with van der Waals surface area (Å²) in [4.78, 5) is 2.15. The second-order valence-electron chi connectivity index (χ2n) is 4.15. The van der Waals surface area contributed by atoms with Gasteiger partial charge in [0.2, 0.25) is 0 Å². The van der Waals surface area contributed by atoms with Crippen molar-refractivity contribution < 1.29 is 0 Å². The highest BCUT2D eigenvalue weighted by Gasteiger charge is 2.06. The zero-order chi connectivity index (χ0) is 12.1. The molecular weight excluding hydrogens is 243 g/mol. The predicted octanol–water partition coefficient (Wildman–Crippen LogP) is 3.21. The van der Waals surface area contributed by atoms with Crippen molar-refractivity contribution in [3.8, 4) is 0 Å². The number of nitrogens with zero attached hydrogens (tertiary/aromatic N) is 1. The zero-order valence-electron chi connectivity index (χ0n) is 9.93. The highest BCUT2D eigenvalue weighted by molar-refractivity contribution is 6.42. The van der Waals surface area contributed by atoms with Crippen LogP contribution in [0.2, 0.25) is 10.0 Å². The van der Waals surface area contributed by atoms with Crippen molar-refractivity contribution in [1.29, 1.82) is 0 Å². The van der Waals surface area contributed by atoms with E-state index >= 15 is 0 Å². The van der Waals surface area contributed by atoms with Crippen molar-refractivity contribution in [3.63, 3.8) is 0 Å². The fourth-order valence-electron chi connectivity index (χ4n) is 1.40. The van der Waals surface area contributed by atoms with E-state index < -0.39 is 0 Å². The smallest absolute Gasteiger partial charge is 0.0595 e. The van der Waals surface area contributed by atoms with Crippen LogP contribution in [0.4, 0.5) is 0 Å². The lowest BCUT2D eigenvalue weighted by molar-refractivity contribution is 0.389. The molecule has 2 nitrogen and oxygen atoms in total. The summed E-state index contributed by atoms with van der Waals surface area (Å²) in [5.41, 5.74) is 1.16. The van der Waals surface area contributed by atoms with E-state index in [0.717, 1.165) is 18.7 Å². The molecule has 0 aliphatic rings. The molecule has 0 heterocycles. The van der Waals surface area contributed by atoms with Gasteiger partial charge in [-0.1, -0.05) is 29.3 Å². The molecule has 1 rings (SSSR count). The third-order valence-corrected chi connectivity index (χ3v) is 3.19. The van der Waals surface area contributed by atoms with Crippen molar-refractivity contribution in [2.45, 2.75) is 13.0 Å². The lowest BCUT2D eigenvalue weighted by Crippen LogP contribution is -2.28. The second kappa shape index (κ2) is 6.45. The maximum atomic E-state index is 5.97. The Morgan fingerprint density at radius 2 is 1.94 bits per heavy atom. The molecule has 0 spiro atoms. The van der Waals surface area contributed by atoms with E-state index in [1.54, 1.807) is 0 Å². The number of nitrogens with one attached hydrogen (secondary N) is 1. The highest BCUT2D eigenvalue weighted by Crippen LogP contribution is 2.25. The SMILES string of the molecule is C[C@@H](NCCN(C)C)c1ccc(Cl)c(Cl)c1. The van der Waals surface area contributed by atoms with Gasteiger partial charge in [-0.15, -0.1) is 0 Å². The molecule has 0 saturated heterocycles. The third kappa shape index (κ3) is 4.30. The Bertz CT molecular complexity index is 340. The lowest BCUT2D eigenvalue weighted by atomic mass is 10.1. The molecule has 0 radical (unpaired) electrons. The third-order valence-electron chi connectivity index (χ3n) is 2.45. The Balaban J connectivity index is 2.52. The van der Waals surface area contributed by atoms with Gasteiger partial charge in [0.1, 0.15) is 0 Å². The van der Waals surface area contributed by atoms with Crippen molar-refractivity contribution in [3.05, 3.63) is 33.8 Å². The van der Waals surface area contributed by atoms with Gasteiger partial charge in [0, 0.05) is 19.1 Å². The molecule has 0 aliphatic heterocycles. The maximum Gasteiger partial charge on any atom is 0.0595 e. The topological polar surface area (TPSA) is 15.3 Å². The van der Waals surface area contributed by atoms with Crippen molar-refractivity contribution in [2.75, 3.05) is 27.2 Å². The largest absolute Gasteiger partial charge is 0.309 e. The summed E-state index contributed by atoms with van der Waals surface area (Å²) < 4.78 is 0. The molecule has 0 aliphatic carbocycles. The van der Waals surface area contributed by atoms with Crippen LogP contribution in [0.25, 0.3) is 0 Å². The summed E-state index contributed by atoms with van der Waals surface area (Å²) >= 11 is 11.8. The zero-order valence-corrected chi connectivity index (χ0v) is 11.4. The van der Waals surface area contributed by atoms with Crippen molar-refractivity contribution in [1.82, 2.24) is 10.2 Å². The van der Waals surface area contributed by atoms with Gasteiger partial charge in [-0.3, -0.25) is 0 Å². The molecule has 16 heavy (non-hydrogen) atoms. The molecule has 4 heteroatoms. The monoisotopic (exact) mass is 260 g/mol. The number of likely N-dealkylation sites (N-methyl/N-ethyl adjacent to an activating group) is 1. The van der Waals surface area contributed by atoms with E-state index in [9.17, 15) is 0 Å². The minimum absolute atomic E-state index is 0.287.